The van der Waals surface area contributed by atoms with Crippen molar-refractivity contribution in [3.8, 4) is 0 Å². The van der Waals surface area contributed by atoms with Crippen LogP contribution in [0.2, 0.25) is 0 Å². The maximum absolute atomic E-state index is 6.20. The van der Waals surface area contributed by atoms with Gasteiger partial charge in [-0.05, 0) is 25.0 Å². The Hall–Kier alpha value is -1.28. The van der Waals surface area contributed by atoms with E-state index in [1.807, 2.05) is 0 Å². The molecule has 17 heavy (non-hydrogen) atoms. The minimum atomic E-state index is -0.0327. The van der Waals surface area contributed by atoms with Crippen LogP contribution in [-0.2, 0) is 4.74 Å². The molecule has 1 fully saturated rings. The number of likely N-dealkylation sites (N-methyl/N-ethyl adjacent to an activating group) is 1. The molecule has 3 aliphatic heterocycles. The van der Waals surface area contributed by atoms with Crippen LogP contribution >= 0.6 is 0 Å². The standard InChI is InChI=1S/C15H17NO/c1-2-16-10-15-8-7-11(17-15)9-13(15)12-5-3-4-6-14(12)16/h3-8,11,13H,2,9-10H2,1H3. The van der Waals surface area contributed by atoms with Gasteiger partial charge in [0, 0.05) is 18.2 Å². The van der Waals surface area contributed by atoms with E-state index < -0.39 is 0 Å². The normalized spacial score (nSPS) is 37.1. The van der Waals surface area contributed by atoms with Crippen LogP contribution in [-0.4, -0.2) is 24.8 Å². The Kier molecular flexibility index (Phi) is 1.79. The molecule has 3 aliphatic rings. The highest BCUT2D eigenvalue weighted by molar-refractivity contribution is 5.61. The SMILES string of the molecule is CCN1CC23C=CC(CC2c2ccccc21)O3. The fourth-order valence-corrected chi connectivity index (χ4v) is 3.71. The van der Waals surface area contributed by atoms with Crippen LogP contribution in [0.5, 0.6) is 0 Å². The van der Waals surface area contributed by atoms with Crippen LogP contribution < -0.4 is 4.90 Å². The second-order valence-corrected chi connectivity index (χ2v) is 5.33. The Morgan fingerprint density at radius 3 is 3.12 bits per heavy atom. The summed E-state index contributed by atoms with van der Waals surface area (Å²) in [5.74, 6) is 0.566. The molecule has 0 aliphatic carbocycles. The third-order valence-electron chi connectivity index (χ3n) is 4.49. The molecule has 0 saturated carbocycles. The first-order valence-corrected chi connectivity index (χ1v) is 6.53. The summed E-state index contributed by atoms with van der Waals surface area (Å²) < 4.78 is 6.20. The largest absolute Gasteiger partial charge is 0.368 e. The minimum absolute atomic E-state index is 0.0327. The summed E-state index contributed by atoms with van der Waals surface area (Å²) >= 11 is 0. The highest BCUT2D eigenvalue weighted by atomic mass is 16.5. The molecule has 3 unspecified atom stereocenters. The maximum atomic E-state index is 6.20. The minimum Gasteiger partial charge on any atom is -0.368 e. The second-order valence-electron chi connectivity index (χ2n) is 5.33. The Morgan fingerprint density at radius 1 is 1.41 bits per heavy atom. The molecule has 2 bridgehead atoms. The number of nitrogens with zero attached hydrogens (tertiary/aromatic N) is 1. The summed E-state index contributed by atoms with van der Waals surface area (Å²) in [6.07, 6.45) is 6.07. The molecule has 2 nitrogen and oxygen atoms in total. The van der Waals surface area contributed by atoms with Crippen LogP contribution in [0.3, 0.4) is 0 Å². The number of hydrogen-bond donors (Lipinski definition) is 0. The third-order valence-corrected chi connectivity index (χ3v) is 4.49. The van der Waals surface area contributed by atoms with Gasteiger partial charge in [-0.15, -0.1) is 0 Å². The van der Waals surface area contributed by atoms with E-state index in [-0.39, 0.29) is 5.60 Å². The van der Waals surface area contributed by atoms with Gasteiger partial charge in [0.15, 0.2) is 0 Å². The molecule has 3 heterocycles. The van der Waals surface area contributed by atoms with E-state index in [1.54, 1.807) is 0 Å². The molecule has 88 valence electrons. The molecule has 0 amide bonds. The quantitative estimate of drug-likeness (QED) is 0.684. The van der Waals surface area contributed by atoms with Crippen molar-refractivity contribution in [3.05, 3.63) is 42.0 Å². The molecule has 4 rings (SSSR count). The molecule has 1 saturated heterocycles. The van der Waals surface area contributed by atoms with Gasteiger partial charge in [0.05, 0.1) is 12.6 Å². The van der Waals surface area contributed by atoms with Gasteiger partial charge < -0.3 is 9.64 Å². The first-order chi connectivity index (χ1) is 8.32. The predicted molar refractivity (Wildman–Crippen MR) is 68.4 cm³/mol. The monoisotopic (exact) mass is 227 g/mol. The van der Waals surface area contributed by atoms with Crippen molar-refractivity contribution in [1.82, 2.24) is 0 Å². The van der Waals surface area contributed by atoms with Crippen LogP contribution in [0.25, 0.3) is 0 Å². The Bertz CT molecular complexity index is 495. The lowest BCUT2D eigenvalue weighted by Crippen LogP contribution is -2.48. The van der Waals surface area contributed by atoms with Gasteiger partial charge in [-0.2, -0.15) is 0 Å². The molecule has 1 spiro atoms. The van der Waals surface area contributed by atoms with Crippen LogP contribution in [0.4, 0.5) is 5.69 Å². The average molecular weight is 227 g/mol. The number of hydrogen-bond acceptors (Lipinski definition) is 2. The maximum Gasteiger partial charge on any atom is 0.111 e. The lowest BCUT2D eigenvalue weighted by Gasteiger charge is -2.43. The summed E-state index contributed by atoms with van der Waals surface area (Å²) in [4.78, 5) is 2.45. The molecule has 0 aromatic heterocycles. The number of rotatable bonds is 1. The van der Waals surface area contributed by atoms with Gasteiger partial charge in [-0.25, -0.2) is 0 Å². The zero-order valence-electron chi connectivity index (χ0n) is 10.1. The lowest BCUT2D eigenvalue weighted by molar-refractivity contribution is 0.0280. The van der Waals surface area contributed by atoms with Crippen molar-refractivity contribution in [2.75, 3.05) is 18.0 Å². The zero-order valence-corrected chi connectivity index (χ0v) is 10.1. The molecule has 0 radical (unpaired) electrons. The fraction of sp³-hybridized carbons (Fsp3) is 0.467. The Labute approximate surface area is 102 Å². The number of anilines is 1. The Morgan fingerprint density at radius 2 is 2.29 bits per heavy atom. The van der Waals surface area contributed by atoms with Gasteiger partial charge in [-0.1, -0.05) is 30.4 Å². The van der Waals surface area contributed by atoms with Gasteiger partial charge in [0.25, 0.3) is 0 Å². The van der Waals surface area contributed by atoms with Gasteiger partial charge in [0.1, 0.15) is 5.60 Å². The number of benzene rings is 1. The molecular weight excluding hydrogens is 210 g/mol. The first-order valence-electron chi connectivity index (χ1n) is 6.53. The number of ether oxygens (including phenoxy) is 1. The van der Waals surface area contributed by atoms with Crippen LogP contribution in [0.15, 0.2) is 36.4 Å². The van der Waals surface area contributed by atoms with Crippen molar-refractivity contribution in [3.63, 3.8) is 0 Å². The number of para-hydroxylation sites is 1. The van der Waals surface area contributed by atoms with E-state index >= 15 is 0 Å². The van der Waals surface area contributed by atoms with Gasteiger partial charge in [-0.3, -0.25) is 0 Å². The van der Waals surface area contributed by atoms with Crippen molar-refractivity contribution in [2.45, 2.75) is 31.0 Å². The molecule has 1 aromatic rings. The summed E-state index contributed by atoms with van der Waals surface area (Å²) in [6.45, 7) is 4.28. The molecule has 3 atom stereocenters. The van der Waals surface area contributed by atoms with E-state index in [4.69, 9.17) is 4.74 Å². The summed E-state index contributed by atoms with van der Waals surface area (Å²) in [5.41, 5.74) is 2.86. The second kappa shape index (κ2) is 3.14. The number of fused-ring (bicyclic) bond motifs is 3. The topological polar surface area (TPSA) is 12.5 Å². The van der Waals surface area contributed by atoms with Crippen molar-refractivity contribution in [2.24, 2.45) is 0 Å². The van der Waals surface area contributed by atoms with E-state index in [9.17, 15) is 0 Å². The van der Waals surface area contributed by atoms with E-state index in [1.165, 1.54) is 11.3 Å². The van der Waals surface area contributed by atoms with E-state index in [2.05, 4.69) is 48.2 Å². The van der Waals surface area contributed by atoms with Gasteiger partial charge in [0.2, 0.25) is 0 Å². The first kappa shape index (κ1) is 9.72. The van der Waals surface area contributed by atoms with E-state index in [0.717, 1.165) is 19.5 Å². The zero-order chi connectivity index (χ0) is 11.5. The average Bonchev–Trinajstić information content (AvgIpc) is 2.94. The smallest absolute Gasteiger partial charge is 0.111 e. The highest BCUT2D eigenvalue weighted by Gasteiger charge is 2.54. The third kappa shape index (κ3) is 1.14. The summed E-state index contributed by atoms with van der Waals surface area (Å²) in [7, 11) is 0. The molecule has 2 heteroatoms. The van der Waals surface area contributed by atoms with Crippen molar-refractivity contribution >= 4 is 5.69 Å². The summed E-state index contributed by atoms with van der Waals surface area (Å²) in [5, 5.41) is 0. The fourth-order valence-electron chi connectivity index (χ4n) is 3.71. The van der Waals surface area contributed by atoms with E-state index in [0.29, 0.717) is 12.0 Å². The van der Waals surface area contributed by atoms with Crippen LogP contribution in [0.1, 0.15) is 24.8 Å². The lowest BCUT2D eigenvalue weighted by atomic mass is 9.75. The van der Waals surface area contributed by atoms with Crippen molar-refractivity contribution < 1.29 is 4.74 Å². The van der Waals surface area contributed by atoms with Gasteiger partial charge >= 0.3 is 0 Å². The molecular formula is C15H17NO. The summed E-state index contributed by atoms with van der Waals surface area (Å²) in [6, 6.07) is 8.83. The molecule has 1 aromatic carbocycles. The highest BCUT2D eigenvalue weighted by Crippen LogP contribution is 2.54. The Balaban J connectivity index is 1.89. The van der Waals surface area contributed by atoms with Crippen molar-refractivity contribution in [1.29, 1.82) is 0 Å². The molecule has 0 N–H and O–H groups in total. The van der Waals surface area contributed by atoms with Crippen LogP contribution in [0, 0.1) is 0 Å². The predicted octanol–water partition coefficient (Wildman–Crippen LogP) is 2.71.